The van der Waals surface area contributed by atoms with Gasteiger partial charge in [0.15, 0.2) is 0 Å². The van der Waals surface area contributed by atoms with E-state index in [2.05, 4.69) is 33.9 Å². The van der Waals surface area contributed by atoms with Crippen molar-refractivity contribution in [1.82, 2.24) is 20.1 Å². The van der Waals surface area contributed by atoms with Gasteiger partial charge in [-0.3, -0.25) is 0 Å². The zero-order valence-corrected chi connectivity index (χ0v) is 12.2. The van der Waals surface area contributed by atoms with Crippen LogP contribution >= 0.6 is 0 Å². The Morgan fingerprint density at radius 2 is 2.05 bits per heavy atom. The predicted octanol–water partition coefficient (Wildman–Crippen LogP) is 2.53. The minimum atomic E-state index is 0.652. The van der Waals surface area contributed by atoms with Crippen molar-refractivity contribution in [1.29, 1.82) is 0 Å². The van der Waals surface area contributed by atoms with Crippen molar-refractivity contribution in [3.63, 3.8) is 0 Å². The van der Waals surface area contributed by atoms with Gasteiger partial charge < -0.3 is 9.88 Å². The first-order valence-electron chi connectivity index (χ1n) is 7.90. The second kappa shape index (κ2) is 5.61. The molecular formula is C15H26N4. The van der Waals surface area contributed by atoms with Gasteiger partial charge >= 0.3 is 0 Å². The smallest absolute Gasteiger partial charge is 0.147 e. The summed E-state index contributed by atoms with van der Waals surface area (Å²) in [7, 11) is 0. The molecule has 3 rings (SSSR count). The van der Waals surface area contributed by atoms with Crippen LogP contribution in [0, 0.1) is 11.8 Å². The lowest BCUT2D eigenvalue weighted by atomic mass is 10.00. The fourth-order valence-corrected chi connectivity index (χ4v) is 3.29. The van der Waals surface area contributed by atoms with Crippen LogP contribution in [0.15, 0.2) is 0 Å². The molecule has 1 aromatic rings. The number of aromatic nitrogens is 3. The Morgan fingerprint density at radius 1 is 1.21 bits per heavy atom. The van der Waals surface area contributed by atoms with Crippen molar-refractivity contribution < 1.29 is 0 Å². The molecule has 0 spiro atoms. The molecular weight excluding hydrogens is 236 g/mol. The van der Waals surface area contributed by atoms with E-state index in [4.69, 9.17) is 0 Å². The standard InChI is InChI=1S/C15H26N4/c1-11(2)15(12-7-8-12)16-10-14-18-17-13-6-4-3-5-9-19(13)14/h11-12,15-16H,3-10H2,1-2H3. The van der Waals surface area contributed by atoms with Crippen molar-refractivity contribution in [2.45, 2.75) is 71.5 Å². The van der Waals surface area contributed by atoms with Gasteiger partial charge in [-0.15, -0.1) is 10.2 Å². The Hall–Kier alpha value is -0.900. The van der Waals surface area contributed by atoms with Gasteiger partial charge in [-0.1, -0.05) is 20.3 Å². The quantitative estimate of drug-likeness (QED) is 0.886. The zero-order chi connectivity index (χ0) is 13.2. The maximum atomic E-state index is 4.40. The van der Waals surface area contributed by atoms with E-state index in [0.717, 1.165) is 31.3 Å². The lowest BCUT2D eigenvalue weighted by Crippen LogP contribution is -2.36. The summed E-state index contributed by atoms with van der Waals surface area (Å²) in [5.74, 6) is 3.94. The van der Waals surface area contributed by atoms with E-state index in [1.807, 2.05) is 0 Å². The Bertz CT molecular complexity index is 418. The van der Waals surface area contributed by atoms with Crippen LogP contribution in [0.5, 0.6) is 0 Å². The van der Waals surface area contributed by atoms with Crippen LogP contribution in [-0.2, 0) is 19.5 Å². The molecule has 2 aliphatic rings. The first-order chi connectivity index (χ1) is 9.25. The molecule has 19 heavy (non-hydrogen) atoms. The van der Waals surface area contributed by atoms with Crippen LogP contribution < -0.4 is 5.32 Å². The van der Waals surface area contributed by atoms with Crippen molar-refractivity contribution in [3.05, 3.63) is 11.6 Å². The van der Waals surface area contributed by atoms with Crippen LogP contribution in [0.25, 0.3) is 0 Å². The van der Waals surface area contributed by atoms with Crippen molar-refractivity contribution in [3.8, 4) is 0 Å². The summed E-state index contributed by atoms with van der Waals surface area (Å²) in [4.78, 5) is 0. The number of fused-ring (bicyclic) bond motifs is 1. The van der Waals surface area contributed by atoms with Gasteiger partial charge in [0.25, 0.3) is 0 Å². The number of aryl methyl sites for hydroxylation is 1. The summed E-state index contributed by atoms with van der Waals surface area (Å²) in [6, 6.07) is 0.652. The number of nitrogens with zero attached hydrogens (tertiary/aromatic N) is 3. The third-order valence-electron chi connectivity index (χ3n) is 4.53. The average molecular weight is 262 g/mol. The van der Waals surface area contributed by atoms with Gasteiger partial charge in [0.2, 0.25) is 0 Å². The Balaban J connectivity index is 1.64. The second-order valence-electron chi connectivity index (χ2n) is 6.48. The largest absolute Gasteiger partial charge is 0.314 e. The van der Waals surface area contributed by atoms with Gasteiger partial charge in [-0.05, 0) is 37.5 Å². The minimum absolute atomic E-state index is 0.652. The summed E-state index contributed by atoms with van der Waals surface area (Å²) in [5.41, 5.74) is 0. The highest BCUT2D eigenvalue weighted by atomic mass is 15.3. The fraction of sp³-hybridized carbons (Fsp3) is 0.867. The van der Waals surface area contributed by atoms with Gasteiger partial charge in [-0.25, -0.2) is 0 Å². The molecule has 0 bridgehead atoms. The molecule has 1 atom stereocenters. The number of rotatable bonds is 5. The Kier molecular flexibility index (Phi) is 3.87. The number of hydrogen-bond acceptors (Lipinski definition) is 3. The van der Waals surface area contributed by atoms with E-state index >= 15 is 0 Å². The molecule has 1 unspecified atom stereocenters. The molecule has 0 amide bonds. The molecule has 1 saturated carbocycles. The van der Waals surface area contributed by atoms with Crippen LogP contribution in [0.3, 0.4) is 0 Å². The van der Waals surface area contributed by atoms with Gasteiger partial charge in [0, 0.05) is 19.0 Å². The zero-order valence-electron chi connectivity index (χ0n) is 12.2. The highest BCUT2D eigenvalue weighted by Crippen LogP contribution is 2.35. The molecule has 2 heterocycles. The molecule has 1 aromatic heterocycles. The Labute approximate surface area is 116 Å². The van der Waals surface area contributed by atoms with Crippen molar-refractivity contribution >= 4 is 0 Å². The van der Waals surface area contributed by atoms with E-state index < -0.39 is 0 Å². The van der Waals surface area contributed by atoms with E-state index in [-0.39, 0.29) is 0 Å². The molecule has 0 saturated heterocycles. The topological polar surface area (TPSA) is 42.7 Å². The molecule has 106 valence electrons. The Morgan fingerprint density at radius 3 is 2.79 bits per heavy atom. The van der Waals surface area contributed by atoms with Crippen LogP contribution in [0.2, 0.25) is 0 Å². The fourth-order valence-electron chi connectivity index (χ4n) is 3.29. The summed E-state index contributed by atoms with van der Waals surface area (Å²) in [6.07, 6.45) is 7.76. The SMILES string of the molecule is CC(C)C(NCc1nnc2n1CCCCC2)C1CC1. The van der Waals surface area contributed by atoms with Crippen molar-refractivity contribution in [2.75, 3.05) is 0 Å². The van der Waals surface area contributed by atoms with E-state index in [1.165, 1.54) is 37.9 Å². The van der Waals surface area contributed by atoms with E-state index in [9.17, 15) is 0 Å². The molecule has 4 heteroatoms. The monoisotopic (exact) mass is 262 g/mol. The third-order valence-corrected chi connectivity index (χ3v) is 4.53. The maximum absolute atomic E-state index is 4.40. The summed E-state index contributed by atoms with van der Waals surface area (Å²) in [6.45, 7) is 6.63. The van der Waals surface area contributed by atoms with Gasteiger partial charge in [0.05, 0.1) is 6.54 Å². The maximum Gasteiger partial charge on any atom is 0.147 e. The average Bonchev–Trinajstić information content (AvgIpc) is 3.17. The molecule has 1 aliphatic carbocycles. The predicted molar refractivity (Wildman–Crippen MR) is 75.8 cm³/mol. The van der Waals surface area contributed by atoms with E-state index in [1.54, 1.807) is 0 Å². The van der Waals surface area contributed by atoms with E-state index in [0.29, 0.717) is 12.0 Å². The first-order valence-corrected chi connectivity index (χ1v) is 7.90. The lowest BCUT2D eigenvalue weighted by Gasteiger charge is -2.22. The van der Waals surface area contributed by atoms with Gasteiger partial charge in [-0.2, -0.15) is 0 Å². The third kappa shape index (κ3) is 2.99. The number of hydrogen-bond donors (Lipinski definition) is 1. The lowest BCUT2D eigenvalue weighted by molar-refractivity contribution is 0.352. The summed E-state index contributed by atoms with van der Waals surface area (Å²) < 4.78 is 2.35. The molecule has 1 fully saturated rings. The normalized spacial score (nSPS) is 21.2. The molecule has 1 aliphatic heterocycles. The first kappa shape index (κ1) is 13.1. The molecule has 0 radical (unpaired) electrons. The van der Waals surface area contributed by atoms with Gasteiger partial charge in [0.1, 0.15) is 11.6 Å². The number of nitrogens with one attached hydrogen (secondary N) is 1. The van der Waals surface area contributed by atoms with Crippen LogP contribution in [-0.4, -0.2) is 20.8 Å². The molecule has 1 N–H and O–H groups in total. The second-order valence-corrected chi connectivity index (χ2v) is 6.48. The highest BCUT2D eigenvalue weighted by Gasteiger charge is 2.33. The summed E-state index contributed by atoms with van der Waals surface area (Å²) in [5, 5.41) is 12.5. The van der Waals surface area contributed by atoms with Crippen LogP contribution in [0.1, 0.15) is 57.6 Å². The highest BCUT2D eigenvalue weighted by molar-refractivity contribution is 4.99. The van der Waals surface area contributed by atoms with Crippen molar-refractivity contribution in [2.24, 2.45) is 11.8 Å². The minimum Gasteiger partial charge on any atom is -0.314 e. The molecule has 0 aromatic carbocycles. The summed E-state index contributed by atoms with van der Waals surface area (Å²) >= 11 is 0. The van der Waals surface area contributed by atoms with Crippen LogP contribution in [0.4, 0.5) is 0 Å². The molecule has 4 nitrogen and oxygen atoms in total.